The maximum Gasteiger partial charge on any atom is 0.253 e. The van der Waals surface area contributed by atoms with Gasteiger partial charge < -0.3 is 24.0 Å². The minimum Gasteiger partial charge on any atom is -0.382 e. The first kappa shape index (κ1) is 18.8. The molecule has 0 bridgehead atoms. The highest BCUT2D eigenvalue weighted by Gasteiger charge is 2.46. The lowest BCUT2D eigenvalue weighted by molar-refractivity contribution is -0.141. The van der Waals surface area contributed by atoms with Crippen molar-refractivity contribution >= 4 is 17.5 Å². The van der Waals surface area contributed by atoms with E-state index >= 15 is 0 Å². The molecule has 2 aliphatic heterocycles. The van der Waals surface area contributed by atoms with Crippen molar-refractivity contribution in [3.05, 3.63) is 30.1 Å². The van der Waals surface area contributed by atoms with E-state index in [4.69, 9.17) is 14.2 Å². The normalized spacial score (nSPS) is 23.1. The van der Waals surface area contributed by atoms with Gasteiger partial charge in [-0.25, -0.2) is 4.39 Å². The number of hydrogen-bond donors (Lipinski definition) is 0. The van der Waals surface area contributed by atoms with Crippen molar-refractivity contribution in [3.63, 3.8) is 0 Å². The summed E-state index contributed by atoms with van der Waals surface area (Å²) in [5.41, 5.74) is -0.118. The number of nitrogens with zero attached hydrogens (tertiary/aromatic N) is 2. The molecule has 1 atom stereocenters. The zero-order chi connectivity index (χ0) is 18.6. The van der Waals surface area contributed by atoms with Crippen molar-refractivity contribution in [3.8, 4) is 0 Å². The Morgan fingerprint density at radius 2 is 2.19 bits per heavy atom. The number of morpholine rings is 1. The van der Waals surface area contributed by atoms with Crippen molar-refractivity contribution in [2.75, 3.05) is 58.1 Å². The molecule has 2 fully saturated rings. The molecule has 1 spiro atoms. The minimum absolute atomic E-state index is 0.00796. The Balaban J connectivity index is 1.62. The van der Waals surface area contributed by atoms with Crippen LogP contribution in [0.2, 0.25) is 0 Å². The maximum atomic E-state index is 13.5. The van der Waals surface area contributed by atoms with Crippen LogP contribution in [-0.4, -0.2) is 75.5 Å². The standard InChI is InChI=1S/C18H23FN2O5/c1-24-7-8-25-10-16(22)20-6-5-18(12-20)13-21(17(23)11-26-18)15-4-2-3-14(19)9-15/h2-4,9H,5-8,10-13H2,1H3. The van der Waals surface area contributed by atoms with Crippen LogP contribution in [0.3, 0.4) is 0 Å². The van der Waals surface area contributed by atoms with Crippen LogP contribution in [0.4, 0.5) is 10.1 Å². The molecule has 0 N–H and O–H groups in total. The largest absolute Gasteiger partial charge is 0.382 e. The summed E-state index contributed by atoms with van der Waals surface area (Å²) in [6.45, 7) is 1.93. The van der Waals surface area contributed by atoms with Crippen LogP contribution in [0.5, 0.6) is 0 Å². The van der Waals surface area contributed by atoms with Gasteiger partial charge >= 0.3 is 0 Å². The number of carbonyl (C=O) groups excluding carboxylic acids is 2. The summed E-state index contributed by atoms with van der Waals surface area (Å²) < 4.78 is 29.5. The topological polar surface area (TPSA) is 68.3 Å². The molecule has 0 saturated carbocycles. The summed E-state index contributed by atoms with van der Waals surface area (Å²) in [4.78, 5) is 27.7. The molecular formula is C18H23FN2O5. The van der Waals surface area contributed by atoms with Crippen LogP contribution in [-0.2, 0) is 23.8 Å². The van der Waals surface area contributed by atoms with Gasteiger partial charge in [-0.3, -0.25) is 9.59 Å². The SMILES string of the molecule is COCCOCC(=O)N1CCC2(C1)CN(c1cccc(F)c1)C(=O)CO2. The van der Waals surface area contributed by atoms with Crippen molar-refractivity contribution in [1.82, 2.24) is 4.90 Å². The second-order valence-electron chi connectivity index (χ2n) is 6.54. The second kappa shape index (κ2) is 8.11. The molecule has 7 nitrogen and oxygen atoms in total. The first-order valence-electron chi connectivity index (χ1n) is 8.57. The average molecular weight is 366 g/mol. The fourth-order valence-electron chi connectivity index (χ4n) is 3.29. The van der Waals surface area contributed by atoms with Gasteiger partial charge in [0, 0.05) is 19.3 Å². The van der Waals surface area contributed by atoms with E-state index in [1.807, 2.05) is 0 Å². The molecule has 0 aromatic heterocycles. The molecule has 2 heterocycles. The van der Waals surface area contributed by atoms with Crippen molar-refractivity contribution < 1.29 is 28.2 Å². The Hall–Kier alpha value is -2.03. The van der Waals surface area contributed by atoms with Gasteiger partial charge in [0.25, 0.3) is 5.91 Å². The lowest BCUT2D eigenvalue weighted by atomic mass is 10.00. The molecule has 3 rings (SSSR count). The van der Waals surface area contributed by atoms with Gasteiger partial charge in [-0.2, -0.15) is 0 Å². The molecule has 0 radical (unpaired) electrons. The number of carbonyl (C=O) groups is 2. The molecule has 2 aliphatic rings. The Morgan fingerprint density at radius 3 is 2.96 bits per heavy atom. The number of hydrogen-bond acceptors (Lipinski definition) is 5. The van der Waals surface area contributed by atoms with E-state index in [0.717, 1.165) is 0 Å². The number of rotatable bonds is 6. The van der Waals surface area contributed by atoms with Crippen molar-refractivity contribution in [2.24, 2.45) is 0 Å². The number of likely N-dealkylation sites (tertiary alicyclic amines) is 1. The highest BCUT2D eigenvalue weighted by atomic mass is 19.1. The zero-order valence-corrected chi connectivity index (χ0v) is 14.8. The summed E-state index contributed by atoms with van der Waals surface area (Å²) in [6, 6.07) is 5.94. The number of methoxy groups -OCH3 is 1. The Bertz CT molecular complexity index is 671. The first-order chi connectivity index (χ1) is 12.5. The van der Waals surface area contributed by atoms with Gasteiger partial charge in [0.2, 0.25) is 5.91 Å². The monoisotopic (exact) mass is 366 g/mol. The second-order valence-corrected chi connectivity index (χ2v) is 6.54. The molecule has 1 aromatic carbocycles. The van der Waals surface area contributed by atoms with E-state index in [1.54, 1.807) is 24.1 Å². The van der Waals surface area contributed by atoms with Crippen LogP contribution in [0, 0.1) is 5.82 Å². The maximum absolute atomic E-state index is 13.5. The zero-order valence-electron chi connectivity index (χ0n) is 14.8. The first-order valence-corrected chi connectivity index (χ1v) is 8.57. The van der Waals surface area contributed by atoms with Crippen molar-refractivity contribution in [1.29, 1.82) is 0 Å². The molecule has 2 amide bonds. The predicted molar refractivity (Wildman–Crippen MR) is 91.3 cm³/mol. The predicted octanol–water partition coefficient (Wildman–Crippen LogP) is 0.823. The molecule has 142 valence electrons. The number of anilines is 1. The number of amides is 2. The van der Waals surface area contributed by atoms with Gasteiger partial charge in [-0.1, -0.05) is 6.07 Å². The van der Waals surface area contributed by atoms with E-state index in [1.165, 1.54) is 17.0 Å². The lowest BCUT2D eigenvalue weighted by Crippen LogP contribution is -2.56. The fraction of sp³-hybridized carbons (Fsp3) is 0.556. The lowest BCUT2D eigenvalue weighted by Gasteiger charge is -2.40. The molecule has 26 heavy (non-hydrogen) atoms. The van der Waals surface area contributed by atoms with Crippen LogP contribution in [0.15, 0.2) is 24.3 Å². The summed E-state index contributed by atoms with van der Waals surface area (Å²) >= 11 is 0. The van der Waals surface area contributed by atoms with E-state index in [0.29, 0.717) is 45.0 Å². The molecule has 8 heteroatoms. The van der Waals surface area contributed by atoms with Gasteiger partial charge in [0.05, 0.1) is 26.3 Å². The molecule has 0 aliphatic carbocycles. The van der Waals surface area contributed by atoms with E-state index in [9.17, 15) is 14.0 Å². The van der Waals surface area contributed by atoms with Gasteiger partial charge in [-0.15, -0.1) is 0 Å². The minimum atomic E-state index is -0.623. The number of benzene rings is 1. The third kappa shape index (κ3) is 4.20. The van der Waals surface area contributed by atoms with E-state index in [2.05, 4.69) is 0 Å². The van der Waals surface area contributed by atoms with Gasteiger partial charge in [0.15, 0.2) is 0 Å². The third-order valence-electron chi connectivity index (χ3n) is 4.70. The van der Waals surface area contributed by atoms with Crippen LogP contribution >= 0.6 is 0 Å². The highest BCUT2D eigenvalue weighted by Crippen LogP contribution is 2.32. The Kier molecular flexibility index (Phi) is 5.85. The van der Waals surface area contributed by atoms with E-state index in [-0.39, 0.29) is 25.0 Å². The summed E-state index contributed by atoms with van der Waals surface area (Å²) in [5.74, 6) is -0.725. The van der Waals surface area contributed by atoms with Crippen LogP contribution in [0.25, 0.3) is 0 Å². The van der Waals surface area contributed by atoms with Gasteiger partial charge in [0.1, 0.15) is 24.6 Å². The summed E-state index contributed by atoms with van der Waals surface area (Å²) in [7, 11) is 1.57. The van der Waals surface area contributed by atoms with Crippen LogP contribution < -0.4 is 4.90 Å². The quantitative estimate of drug-likeness (QED) is 0.698. The van der Waals surface area contributed by atoms with Crippen LogP contribution in [0.1, 0.15) is 6.42 Å². The molecular weight excluding hydrogens is 343 g/mol. The Labute approximate surface area is 151 Å². The average Bonchev–Trinajstić information content (AvgIpc) is 3.05. The molecule has 1 unspecified atom stereocenters. The molecule has 2 saturated heterocycles. The smallest absolute Gasteiger partial charge is 0.253 e. The van der Waals surface area contributed by atoms with Crippen molar-refractivity contribution in [2.45, 2.75) is 12.0 Å². The van der Waals surface area contributed by atoms with Gasteiger partial charge in [-0.05, 0) is 24.6 Å². The summed E-state index contributed by atoms with van der Waals surface area (Å²) in [5, 5.41) is 0. The highest BCUT2D eigenvalue weighted by molar-refractivity contribution is 5.95. The third-order valence-corrected chi connectivity index (χ3v) is 4.70. The Morgan fingerprint density at radius 1 is 1.35 bits per heavy atom. The summed E-state index contributed by atoms with van der Waals surface area (Å²) in [6.07, 6.45) is 0.621. The fourth-order valence-corrected chi connectivity index (χ4v) is 3.29. The number of halogens is 1. The number of ether oxygens (including phenoxy) is 3. The van der Waals surface area contributed by atoms with E-state index < -0.39 is 11.4 Å². The molecule has 1 aromatic rings.